The van der Waals surface area contributed by atoms with Crippen LogP contribution < -0.4 is 10.3 Å². The van der Waals surface area contributed by atoms with E-state index in [0.717, 1.165) is 0 Å². The number of halogens is 1. The van der Waals surface area contributed by atoms with Gasteiger partial charge in [-0.3, -0.25) is 4.79 Å². The number of para-hydroxylation sites is 1. The fourth-order valence-corrected chi connectivity index (χ4v) is 4.04. The van der Waals surface area contributed by atoms with E-state index in [1.165, 1.54) is 29.0 Å². The van der Waals surface area contributed by atoms with Crippen LogP contribution >= 0.6 is 11.6 Å². The number of rotatable bonds is 5. The Kier molecular flexibility index (Phi) is 6.86. The third-order valence-electron chi connectivity index (χ3n) is 4.57. The summed E-state index contributed by atoms with van der Waals surface area (Å²) in [6.07, 6.45) is 1.53. The number of hydrogen-bond acceptors (Lipinski definition) is 5. The average molecular weight is 458 g/mol. The first-order valence-electron chi connectivity index (χ1n) is 9.36. The zero-order valence-corrected chi connectivity index (χ0v) is 18.5. The van der Waals surface area contributed by atoms with Crippen LogP contribution in [0, 0.1) is 11.8 Å². The number of nitrogens with zero attached hydrogens (tertiary/aromatic N) is 1. The van der Waals surface area contributed by atoms with E-state index in [2.05, 4.69) is 11.8 Å². The van der Waals surface area contributed by atoms with E-state index in [-0.39, 0.29) is 27.8 Å². The molecule has 1 aromatic heterocycles. The standard InChI is InChI=1S/C23H20ClNO5S/c1-3-31(28,29)17-10-11-22(30-21-9-5-4-7-16(21)8-6-12-26)18(13-17)19-15-25(2)23(27)14-20(19)24/h4-5,7,9-11,13-15,26H,3,12H2,1-2H3. The van der Waals surface area contributed by atoms with Crippen molar-refractivity contribution in [2.75, 3.05) is 12.4 Å². The molecule has 0 aliphatic rings. The lowest BCUT2D eigenvalue weighted by atomic mass is 10.1. The van der Waals surface area contributed by atoms with Gasteiger partial charge in [0, 0.05) is 30.4 Å². The van der Waals surface area contributed by atoms with Crippen molar-refractivity contribution in [2.24, 2.45) is 7.05 Å². The van der Waals surface area contributed by atoms with E-state index >= 15 is 0 Å². The number of aryl methyl sites for hydroxylation is 1. The summed E-state index contributed by atoms with van der Waals surface area (Å²) in [5.41, 5.74) is 1.13. The molecule has 31 heavy (non-hydrogen) atoms. The molecule has 0 radical (unpaired) electrons. The molecule has 0 aliphatic carbocycles. The van der Waals surface area contributed by atoms with Gasteiger partial charge in [0.25, 0.3) is 5.56 Å². The van der Waals surface area contributed by atoms with Crippen molar-refractivity contribution in [1.29, 1.82) is 0 Å². The largest absolute Gasteiger partial charge is 0.455 e. The second-order valence-electron chi connectivity index (χ2n) is 6.60. The van der Waals surface area contributed by atoms with Crippen LogP contribution in [-0.4, -0.2) is 30.5 Å². The van der Waals surface area contributed by atoms with Gasteiger partial charge in [-0.25, -0.2) is 8.42 Å². The van der Waals surface area contributed by atoms with Gasteiger partial charge in [-0.05, 0) is 30.3 Å². The van der Waals surface area contributed by atoms with E-state index < -0.39 is 9.84 Å². The van der Waals surface area contributed by atoms with Gasteiger partial charge < -0.3 is 14.4 Å². The van der Waals surface area contributed by atoms with Crippen LogP contribution in [0.1, 0.15) is 12.5 Å². The molecule has 0 aliphatic heterocycles. The topological polar surface area (TPSA) is 85.6 Å². The van der Waals surface area contributed by atoms with Crippen molar-refractivity contribution >= 4 is 21.4 Å². The van der Waals surface area contributed by atoms with Gasteiger partial charge in [0.2, 0.25) is 0 Å². The number of aliphatic hydroxyl groups excluding tert-OH is 1. The molecule has 0 fully saturated rings. The second kappa shape index (κ2) is 9.40. The predicted octanol–water partition coefficient (Wildman–Crippen LogP) is 3.64. The van der Waals surface area contributed by atoms with Crippen LogP contribution in [0.15, 0.2) is 64.4 Å². The summed E-state index contributed by atoms with van der Waals surface area (Å²) >= 11 is 6.34. The Hall–Kier alpha value is -3.05. The van der Waals surface area contributed by atoms with Crippen molar-refractivity contribution in [3.8, 4) is 34.5 Å². The average Bonchev–Trinajstić information content (AvgIpc) is 2.76. The molecular weight excluding hydrogens is 438 g/mol. The summed E-state index contributed by atoms with van der Waals surface area (Å²) in [5, 5.41) is 9.17. The number of pyridine rings is 1. The van der Waals surface area contributed by atoms with Crippen molar-refractivity contribution in [1.82, 2.24) is 4.57 Å². The Morgan fingerprint density at radius 1 is 1.10 bits per heavy atom. The maximum absolute atomic E-state index is 12.5. The third-order valence-corrected chi connectivity index (χ3v) is 6.61. The zero-order chi connectivity index (χ0) is 22.6. The molecule has 3 rings (SSSR count). The fourth-order valence-electron chi connectivity index (χ4n) is 2.89. The SMILES string of the molecule is CCS(=O)(=O)c1ccc(Oc2ccccc2C#CCO)c(-c2cn(C)c(=O)cc2Cl)c1. The molecule has 0 saturated heterocycles. The highest BCUT2D eigenvalue weighted by Gasteiger charge is 2.19. The molecule has 0 unspecified atom stereocenters. The highest BCUT2D eigenvalue weighted by molar-refractivity contribution is 7.91. The van der Waals surface area contributed by atoms with Gasteiger partial charge in [-0.15, -0.1) is 0 Å². The second-order valence-corrected chi connectivity index (χ2v) is 9.29. The third kappa shape index (κ3) is 5.00. The smallest absolute Gasteiger partial charge is 0.251 e. The summed E-state index contributed by atoms with van der Waals surface area (Å²) in [7, 11) is -1.91. The summed E-state index contributed by atoms with van der Waals surface area (Å²) < 4.78 is 32.4. The van der Waals surface area contributed by atoms with E-state index in [0.29, 0.717) is 28.2 Å². The van der Waals surface area contributed by atoms with Gasteiger partial charge in [0.1, 0.15) is 18.1 Å². The number of sulfone groups is 1. The van der Waals surface area contributed by atoms with Crippen LogP contribution in [0.3, 0.4) is 0 Å². The minimum absolute atomic E-state index is 0.0623. The van der Waals surface area contributed by atoms with Gasteiger partial charge in [-0.1, -0.05) is 42.5 Å². The molecule has 8 heteroatoms. The molecule has 0 atom stereocenters. The summed E-state index contributed by atoms with van der Waals surface area (Å²) in [6.45, 7) is 1.27. The molecule has 0 saturated carbocycles. The van der Waals surface area contributed by atoms with Crippen molar-refractivity contribution in [3.05, 3.63) is 75.7 Å². The van der Waals surface area contributed by atoms with Crippen LogP contribution in [0.5, 0.6) is 11.5 Å². The van der Waals surface area contributed by atoms with E-state index in [4.69, 9.17) is 21.4 Å². The van der Waals surface area contributed by atoms with Crippen molar-refractivity contribution < 1.29 is 18.3 Å². The zero-order valence-electron chi connectivity index (χ0n) is 16.9. The van der Waals surface area contributed by atoms with Gasteiger partial charge in [0.15, 0.2) is 9.84 Å². The predicted molar refractivity (Wildman–Crippen MR) is 120 cm³/mol. The van der Waals surface area contributed by atoms with E-state index in [9.17, 15) is 13.2 Å². The van der Waals surface area contributed by atoms with Crippen LogP contribution in [0.25, 0.3) is 11.1 Å². The normalized spacial score (nSPS) is 11.0. The summed E-state index contributed by atoms with van der Waals surface area (Å²) in [4.78, 5) is 12.1. The maximum atomic E-state index is 12.5. The van der Waals surface area contributed by atoms with Crippen molar-refractivity contribution in [3.63, 3.8) is 0 Å². The monoisotopic (exact) mass is 457 g/mol. The molecule has 0 spiro atoms. The number of benzene rings is 2. The van der Waals surface area contributed by atoms with E-state index in [1.54, 1.807) is 44.3 Å². The molecule has 1 heterocycles. The number of aliphatic hydroxyl groups is 1. The lowest BCUT2D eigenvalue weighted by Crippen LogP contribution is -2.15. The minimum Gasteiger partial charge on any atom is -0.455 e. The molecule has 160 valence electrons. The van der Waals surface area contributed by atoms with Crippen LogP contribution in [0.4, 0.5) is 0 Å². The molecule has 2 aromatic carbocycles. The fraction of sp³-hybridized carbons (Fsp3) is 0.174. The van der Waals surface area contributed by atoms with Crippen molar-refractivity contribution in [2.45, 2.75) is 11.8 Å². The Bertz CT molecular complexity index is 1350. The Balaban J connectivity index is 2.23. The molecule has 1 N–H and O–H groups in total. The van der Waals surface area contributed by atoms with E-state index in [1.807, 2.05) is 0 Å². The first-order chi connectivity index (χ1) is 14.8. The maximum Gasteiger partial charge on any atom is 0.251 e. The highest BCUT2D eigenvalue weighted by Crippen LogP contribution is 2.38. The molecular formula is C23H20ClNO5S. The number of ether oxygens (including phenoxy) is 1. The number of hydrogen-bond donors (Lipinski definition) is 1. The lowest BCUT2D eigenvalue weighted by molar-refractivity contribution is 0.350. The first kappa shape index (κ1) is 22.6. The summed E-state index contributed by atoms with van der Waals surface area (Å²) in [5.74, 6) is 6.11. The highest BCUT2D eigenvalue weighted by atomic mass is 35.5. The lowest BCUT2D eigenvalue weighted by Gasteiger charge is -2.16. The first-order valence-corrected chi connectivity index (χ1v) is 11.4. The molecule has 3 aromatic rings. The molecule has 0 bridgehead atoms. The van der Waals surface area contributed by atoms with Gasteiger partial charge in [0.05, 0.1) is 21.2 Å². The van der Waals surface area contributed by atoms with Gasteiger partial charge >= 0.3 is 0 Å². The number of aromatic nitrogens is 1. The summed E-state index contributed by atoms with van der Waals surface area (Å²) in [6, 6.07) is 12.8. The van der Waals surface area contributed by atoms with Crippen LogP contribution in [0.2, 0.25) is 5.02 Å². The molecule has 6 nitrogen and oxygen atoms in total. The van der Waals surface area contributed by atoms with Crippen LogP contribution in [-0.2, 0) is 16.9 Å². The quantitative estimate of drug-likeness (QED) is 0.591. The minimum atomic E-state index is -3.49. The van der Waals surface area contributed by atoms with Gasteiger partial charge in [-0.2, -0.15) is 0 Å². The Morgan fingerprint density at radius 3 is 2.55 bits per heavy atom. The Morgan fingerprint density at radius 2 is 1.84 bits per heavy atom. The molecule has 0 amide bonds. The Labute approximate surface area is 185 Å².